The zero-order valence-corrected chi connectivity index (χ0v) is 11.3. The van der Waals surface area contributed by atoms with Crippen molar-refractivity contribution in [2.24, 2.45) is 0 Å². The Morgan fingerprint density at radius 1 is 1.47 bits per heavy atom. The van der Waals surface area contributed by atoms with Crippen LogP contribution in [-0.4, -0.2) is 25.0 Å². The molecule has 5 heteroatoms. The molecule has 1 unspecified atom stereocenters. The molecule has 17 heavy (non-hydrogen) atoms. The lowest BCUT2D eigenvalue weighted by Gasteiger charge is -2.14. The number of carbonyl (C=O) groups is 2. The molecule has 4 nitrogen and oxygen atoms in total. The molecular formula is C12H14BrNO3. The van der Waals surface area contributed by atoms with Crippen LogP contribution >= 0.6 is 15.9 Å². The zero-order chi connectivity index (χ0) is 12.8. The highest BCUT2D eigenvalue weighted by molar-refractivity contribution is 9.10. The number of hydrogen-bond acceptors (Lipinski definition) is 3. The molecule has 0 saturated carbocycles. The smallest absolute Gasteiger partial charge is 0.328 e. The first kappa shape index (κ1) is 13.7. The molecule has 1 N–H and O–H groups in total. The molecule has 0 bridgehead atoms. The van der Waals surface area contributed by atoms with Crippen molar-refractivity contribution in [2.75, 3.05) is 7.11 Å². The lowest BCUT2D eigenvalue weighted by atomic mass is 10.1. The van der Waals surface area contributed by atoms with Crippen molar-refractivity contribution in [1.82, 2.24) is 5.32 Å². The van der Waals surface area contributed by atoms with E-state index in [2.05, 4.69) is 26.0 Å². The molecule has 0 aliphatic rings. The summed E-state index contributed by atoms with van der Waals surface area (Å²) in [6, 6.07) is 6.36. The van der Waals surface area contributed by atoms with Crippen LogP contribution in [0.15, 0.2) is 28.7 Å². The molecule has 92 valence electrons. The summed E-state index contributed by atoms with van der Waals surface area (Å²) in [5.74, 6) is -0.723. The summed E-state index contributed by atoms with van der Waals surface area (Å²) >= 11 is 3.28. The maximum atomic E-state index is 11.8. The Balaban J connectivity index is 2.74. The number of halogens is 1. The predicted molar refractivity (Wildman–Crippen MR) is 67.7 cm³/mol. The summed E-state index contributed by atoms with van der Waals surface area (Å²) in [7, 11) is 1.30. The van der Waals surface area contributed by atoms with Crippen LogP contribution in [-0.2, 0) is 9.53 Å². The quantitative estimate of drug-likeness (QED) is 0.867. The third kappa shape index (κ3) is 3.85. The Kier molecular flexibility index (Phi) is 5.15. The van der Waals surface area contributed by atoms with Gasteiger partial charge in [-0.2, -0.15) is 0 Å². The van der Waals surface area contributed by atoms with Gasteiger partial charge in [0.1, 0.15) is 6.04 Å². The minimum atomic E-state index is -0.605. The van der Waals surface area contributed by atoms with E-state index in [1.54, 1.807) is 18.2 Å². The monoisotopic (exact) mass is 299 g/mol. The van der Waals surface area contributed by atoms with Crippen LogP contribution in [0.2, 0.25) is 0 Å². The van der Waals surface area contributed by atoms with Crippen molar-refractivity contribution in [2.45, 2.75) is 19.4 Å². The van der Waals surface area contributed by atoms with Gasteiger partial charge in [0, 0.05) is 10.0 Å². The first-order valence-corrected chi connectivity index (χ1v) is 6.02. The number of methoxy groups -OCH3 is 1. The van der Waals surface area contributed by atoms with E-state index in [9.17, 15) is 9.59 Å². The molecule has 0 radical (unpaired) electrons. The fourth-order valence-electron chi connectivity index (χ4n) is 1.34. The maximum Gasteiger partial charge on any atom is 0.328 e. The zero-order valence-electron chi connectivity index (χ0n) is 9.70. The summed E-state index contributed by atoms with van der Waals surface area (Å²) in [5, 5.41) is 2.63. The second kappa shape index (κ2) is 6.39. The van der Waals surface area contributed by atoms with Gasteiger partial charge in [-0.1, -0.05) is 28.9 Å². The van der Waals surface area contributed by atoms with Gasteiger partial charge >= 0.3 is 5.97 Å². The Hall–Kier alpha value is -1.36. The third-order valence-corrected chi connectivity index (χ3v) is 2.78. The van der Waals surface area contributed by atoms with Gasteiger partial charge in [-0.25, -0.2) is 4.79 Å². The molecule has 0 aliphatic heterocycles. The minimum Gasteiger partial charge on any atom is -0.467 e. The van der Waals surface area contributed by atoms with Crippen molar-refractivity contribution >= 4 is 27.8 Å². The Labute approximate surface area is 108 Å². The van der Waals surface area contributed by atoms with Gasteiger partial charge in [-0.15, -0.1) is 0 Å². The molecule has 0 aliphatic carbocycles. The number of carbonyl (C=O) groups excluding carboxylic acids is 2. The van der Waals surface area contributed by atoms with E-state index in [0.29, 0.717) is 12.0 Å². The van der Waals surface area contributed by atoms with Crippen LogP contribution in [0.4, 0.5) is 0 Å². The molecule has 1 atom stereocenters. The number of ether oxygens (including phenoxy) is 1. The van der Waals surface area contributed by atoms with E-state index in [4.69, 9.17) is 0 Å². The fraction of sp³-hybridized carbons (Fsp3) is 0.333. The van der Waals surface area contributed by atoms with Crippen LogP contribution < -0.4 is 5.32 Å². The summed E-state index contributed by atoms with van der Waals surface area (Å²) in [6.07, 6.45) is 0.492. The summed E-state index contributed by atoms with van der Waals surface area (Å²) in [6.45, 7) is 1.81. The van der Waals surface area contributed by atoms with Crippen LogP contribution in [0.1, 0.15) is 23.7 Å². The maximum absolute atomic E-state index is 11.8. The van der Waals surface area contributed by atoms with Crippen molar-refractivity contribution in [3.8, 4) is 0 Å². The topological polar surface area (TPSA) is 55.4 Å². The van der Waals surface area contributed by atoms with Crippen LogP contribution in [0, 0.1) is 0 Å². The van der Waals surface area contributed by atoms with E-state index in [0.717, 1.165) is 4.47 Å². The van der Waals surface area contributed by atoms with Crippen LogP contribution in [0.5, 0.6) is 0 Å². The van der Waals surface area contributed by atoms with Gasteiger partial charge in [0.15, 0.2) is 0 Å². The highest BCUT2D eigenvalue weighted by Gasteiger charge is 2.19. The molecular weight excluding hydrogens is 286 g/mol. The summed E-state index contributed by atoms with van der Waals surface area (Å²) in [4.78, 5) is 23.2. The second-order valence-corrected chi connectivity index (χ2v) is 4.38. The predicted octanol–water partition coefficient (Wildman–Crippen LogP) is 2.13. The summed E-state index contributed by atoms with van der Waals surface area (Å²) in [5.41, 5.74) is 0.502. The van der Waals surface area contributed by atoms with Crippen molar-refractivity contribution in [1.29, 1.82) is 0 Å². The van der Waals surface area contributed by atoms with Gasteiger partial charge in [0.25, 0.3) is 5.91 Å². The number of rotatable bonds is 4. The lowest BCUT2D eigenvalue weighted by Crippen LogP contribution is -2.41. The normalized spacial score (nSPS) is 11.7. The number of hydrogen-bond donors (Lipinski definition) is 1. The fourth-order valence-corrected chi connectivity index (χ4v) is 1.74. The van der Waals surface area contributed by atoms with E-state index in [-0.39, 0.29) is 5.91 Å². The first-order chi connectivity index (χ1) is 8.08. The van der Waals surface area contributed by atoms with Gasteiger partial charge < -0.3 is 10.1 Å². The van der Waals surface area contributed by atoms with E-state index < -0.39 is 12.0 Å². The van der Waals surface area contributed by atoms with Gasteiger partial charge in [-0.05, 0) is 24.6 Å². The van der Waals surface area contributed by atoms with E-state index >= 15 is 0 Å². The van der Waals surface area contributed by atoms with Crippen LogP contribution in [0.3, 0.4) is 0 Å². The van der Waals surface area contributed by atoms with Crippen LogP contribution in [0.25, 0.3) is 0 Å². The Morgan fingerprint density at radius 2 is 2.18 bits per heavy atom. The molecule has 0 aromatic heterocycles. The average molecular weight is 300 g/mol. The van der Waals surface area contributed by atoms with Crippen molar-refractivity contribution < 1.29 is 14.3 Å². The number of esters is 1. The molecule has 1 aromatic carbocycles. The molecule has 0 fully saturated rings. The summed E-state index contributed by atoms with van der Waals surface area (Å²) < 4.78 is 5.42. The highest BCUT2D eigenvalue weighted by Crippen LogP contribution is 2.11. The standard InChI is InChI=1S/C12H14BrNO3/c1-3-10(12(16)17-2)14-11(15)8-5-4-6-9(13)7-8/h4-7,10H,3H2,1-2H3,(H,14,15). The lowest BCUT2D eigenvalue weighted by molar-refractivity contribution is -0.142. The molecule has 0 heterocycles. The molecule has 1 aromatic rings. The highest BCUT2D eigenvalue weighted by atomic mass is 79.9. The second-order valence-electron chi connectivity index (χ2n) is 3.47. The van der Waals surface area contributed by atoms with E-state index in [1.807, 2.05) is 13.0 Å². The van der Waals surface area contributed by atoms with E-state index in [1.165, 1.54) is 7.11 Å². The Bertz CT molecular complexity index is 420. The molecule has 1 amide bonds. The van der Waals surface area contributed by atoms with Gasteiger partial charge in [-0.3, -0.25) is 4.79 Å². The number of amides is 1. The third-order valence-electron chi connectivity index (χ3n) is 2.29. The average Bonchev–Trinajstić information content (AvgIpc) is 2.34. The number of nitrogens with one attached hydrogen (secondary N) is 1. The Morgan fingerprint density at radius 3 is 2.71 bits per heavy atom. The van der Waals surface area contributed by atoms with Crippen molar-refractivity contribution in [3.63, 3.8) is 0 Å². The first-order valence-electron chi connectivity index (χ1n) is 5.22. The number of benzene rings is 1. The molecule has 1 rings (SSSR count). The largest absolute Gasteiger partial charge is 0.467 e. The van der Waals surface area contributed by atoms with Crippen molar-refractivity contribution in [3.05, 3.63) is 34.3 Å². The molecule has 0 saturated heterocycles. The SMILES string of the molecule is CCC(NC(=O)c1cccc(Br)c1)C(=O)OC. The van der Waals surface area contributed by atoms with Gasteiger partial charge in [0.05, 0.1) is 7.11 Å². The van der Waals surface area contributed by atoms with Gasteiger partial charge in [0.2, 0.25) is 0 Å². The molecule has 0 spiro atoms. The minimum absolute atomic E-state index is 0.288.